The molecule has 0 aliphatic carbocycles. The topological polar surface area (TPSA) is 32.3 Å². The molecule has 1 N–H and O–H groups in total. The van der Waals surface area contributed by atoms with E-state index in [1.54, 1.807) is 12.1 Å². The molecule has 1 heterocycles. The maximum Gasteiger partial charge on any atom is 0.223 e. The highest BCUT2D eigenvalue weighted by Gasteiger charge is 2.27. The smallest absolute Gasteiger partial charge is 0.223 e. The van der Waals surface area contributed by atoms with Crippen LogP contribution in [0.15, 0.2) is 24.3 Å². The second-order valence-electron chi connectivity index (χ2n) is 6.45. The first kappa shape index (κ1) is 14.8. The Bertz CT molecular complexity index is 474. The molecule has 1 aliphatic heterocycles. The minimum Gasteiger partial charge on any atom is -0.369 e. The summed E-state index contributed by atoms with van der Waals surface area (Å²) < 4.78 is 13.7. The molecule has 1 amide bonds. The van der Waals surface area contributed by atoms with E-state index in [0.29, 0.717) is 5.69 Å². The zero-order valence-electron chi connectivity index (χ0n) is 12.4. The van der Waals surface area contributed by atoms with E-state index in [1.165, 1.54) is 6.07 Å². The van der Waals surface area contributed by atoms with E-state index in [4.69, 9.17) is 0 Å². The summed E-state index contributed by atoms with van der Waals surface area (Å²) in [5.41, 5.74) is 0.446. The number of hydrogen-bond donors (Lipinski definition) is 1. The van der Waals surface area contributed by atoms with Gasteiger partial charge in [0.1, 0.15) is 5.82 Å². The highest BCUT2D eigenvalue weighted by atomic mass is 19.1. The van der Waals surface area contributed by atoms with E-state index < -0.39 is 0 Å². The van der Waals surface area contributed by atoms with E-state index >= 15 is 0 Å². The van der Waals surface area contributed by atoms with Crippen LogP contribution in [-0.4, -0.2) is 24.5 Å². The summed E-state index contributed by atoms with van der Waals surface area (Å²) in [7, 11) is 0. The highest BCUT2D eigenvalue weighted by molar-refractivity contribution is 5.79. The molecule has 0 spiro atoms. The van der Waals surface area contributed by atoms with Crippen molar-refractivity contribution in [1.82, 2.24) is 5.32 Å². The van der Waals surface area contributed by atoms with Crippen LogP contribution in [0.25, 0.3) is 0 Å². The Labute approximate surface area is 120 Å². The Kier molecular flexibility index (Phi) is 4.31. The average molecular weight is 278 g/mol. The first-order valence-electron chi connectivity index (χ1n) is 7.18. The van der Waals surface area contributed by atoms with Crippen LogP contribution in [-0.2, 0) is 4.79 Å². The first-order chi connectivity index (χ1) is 9.37. The number of nitrogens with one attached hydrogen (secondary N) is 1. The fraction of sp³-hybridized carbons (Fsp3) is 0.562. The summed E-state index contributed by atoms with van der Waals surface area (Å²) in [4.78, 5) is 14.1. The maximum absolute atomic E-state index is 13.7. The van der Waals surface area contributed by atoms with Crippen LogP contribution >= 0.6 is 0 Å². The number of benzene rings is 1. The van der Waals surface area contributed by atoms with Crippen molar-refractivity contribution in [1.29, 1.82) is 0 Å². The third-order valence-corrected chi connectivity index (χ3v) is 3.56. The molecule has 4 heteroatoms. The quantitative estimate of drug-likeness (QED) is 0.902. The lowest BCUT2D eigenvalue weighted by molar-refractivity contribution is -0.127. The Balaban J connectivity index is 1.93. The lowest BCUT2D eigenvalue weighted by atomic mass is 9.94. The minimum absolute atomic E-state index is 0.0391. The van der Waals surface area contributed by atoms with Crippen molar-refractivity contribution in [3.63, 3.8) is 0 Å². The largest absolute Gasteiger partial charge is 0.369 e. The van der Waals surface area contributed by atoms with Gasteiger partial charge in [0, 0.05) is 24.5 Å². The lowest BCUT2D eigenvalue weighted by Crippen LogP contribution is -2.47. The summed E-state index contributed by atoms with van der Waals surface area (Å²) in [6, 6.07) is 6.82. The van der Waals surface area contributed by atoms with Crippen molar-refractivity contribution >= 4 is 11.6 Å². The van der Waals surface area contributed by atoms with Crippen LogP contribution in [0.4, 0.5) is 10.1 Å². The van der Waals surface area contributed by atoms with E-state index in [0.717, 1.165) is 25.9 Å². The molecule has 1 aliphatic rings. The summed E-state index contributed by atoms with van der Waals surface area (Å²) in [5.74, 6) is -0.0342. The number of amides is 1. The number of rotatable bonds is 2. The van der Waals surface area contributed by atoms with E-state index in [9.17, 15) is 9.18 Å². The van der Waals surface area contributed by atoms with Gasteiger partial charge in [-0.2, -0.15) is 0 Å². The van der Waals surface area contributed by atoms with Crippen molar-refractivity contribution in [2.45, 2.75) is 39.2 Å². The fourth-order valence-electron chi connectivity index (χ4n) is 2.56. The van der Waals surface area contributed by atoms with Gasteiger partial charge in [-0.05, 0) is 45.7 Å². The number of carbonyl (C=O) groups is 1. The van der Waals surface area contributed by atoms with E-state index in [1.807, 2.05) is 31.7 Å². The van der Waals surface area contributed by atoms with Gasteiger partial charge in [0.25, 0.3) is 0 Å². The van der Waals surface area contributed by atoms with Crippen LogP contribution in [0.2, 0.25) is 0 Å². The third kappa shape index (κ3) is 3.71. The molecule has 1 aromatic rings. The van der Waals surface area contributed by atoms with Gasteiger partial charge in [0.05, 0.1) is 5.69 Å². The molecule has 0 atom stereocenters. The Morgan fingerprint density at radius 2 is 1.85 bits per heavy atom. The first-order valence-corrected chi connectivity index (χ1v) is 7.18. The van der Waals surface area contributed by atoms with Crippen LogP contribution in [0.5, 0.6) is 0 Å². The summed E-state index contributed by atoms with van der Waals surface area (Å²) in [6.07, 6.45) is 1.55. The van der Waals surface area contributed by atoms with Gasteiger partial charge in [0.2, 0.25) is 5.91 Å². The van der Waals surface area contributed by atoms with Gasteiger partial charge < -0.3 is 10.2 Å². The lowest BCUT2D eigenvalue weighted by Gasteiger charge is -2.34. The van der Waals surface area contributed by atoms with Gasteiger partial charge in [-0.3, -0.25) is 4.79 Å². The van der Waals surface area contributed by atoms with Crippen molar-refractivity contribution in [2.24, 2.45) is 5.92 Å². The fourth-order valence-corrected chi connectivity index (χ4v) is 2.56. The molecule has 1 fully saturated rings. The normalized spacial score (nSPS) is 17.1. The number of hydrogen-bond acceptors (Lipinski definition) is 2. The molecule has 0 radical (unpaired) electrons. The maximum atomic E-state index is 13.7. The zero-order valence-corrected chi connectivity index (χ0v) is 12.4. The summed E-state index contributed by atoms with van der Waals surface area (Å²) >= 11 is 0. The number of halogens is 1. The number of piperidine rings is 1. The third-order valence-electron chi connectivity index (χ3n) is 3.56. The number of nitrogens with zero attached hydrogens (tertiary/aromatic N) is 1. The van der Waals surface area contributed by atoms with Gasteiger partial charge >= 0.3 is 0 Å². The molecule has 0 aromatic heterocycles. The molecular weight excluding hydrogens is 255 g/mol. The molecule has 1 saturated heterocycles. The van der Waals surface area contributed by atoms with Gasteiger partial charge in [-0.25, -0.2) is 4.39 Å². The van der Waals surface area contributed by atoms with Crippen LogP contribution < -0.4 is 10.2 Å². The zero-order chi connectivity index (χ0) is 14.8. The molecule has 110 valence electrons. The molecule has 0 saturated carbocycles. The average Bonchev–Trinajstić information content (AvgIpc) is 2.37. The second kappa shape index (κ2) is 5.81. The SMILES string of the molecule is CC(C)(C)NC(=O)C1CCN(c2ccccc2F)CC1. The highest BCUT2D eigenvalue weighted by Crippen LogP contribution is 2.25. The molecule has 2 rings (SSSR count). The summed E-state index contributed by atoms with van der Waals surface area (Å²) in [6.45, 7) is 7.41. The minimum atomic E-state index is -0.195. The second-order valence-corrected chi connectivity index (χ2v) is 6.45. The molecule has 1 aromatic carbocycles. The van der Waals surface area contributed by atoms with E-state index in [2.05, 4.69) is 5.32 Å². The molecule has 20 heavy (non-hydrogen) atoms. The van der Waals surface area contributed by atoms with Crippen molar-refractivity contribution in [3.05, 3.63) is 30.1 Å². The number of anilines is 1. The van der Waals surface area contributed by atoms with Crippen molar-refractivity contribution in [3.8, 4) is 0 Å². The Hall–Kier alpha value is -1.58. The summed E-state index contributed by atoms with van der Waals surface area (Å²) in [5, 5.41) is 3.02. The predicted octanol–water partition coefficient (Wildman–Crippen LogP) is 2.96. The predicted molar refractivity (Wildman–Crippen MR) is 79.2 cm³/mol. The molecule has 0 unspecified atom stereocenters. The molecule has 3 nitrogen and oxygen atoms in total. The Morgan fingerprint density at radius 3 is 2.40 bits per heavy atom. The van der Waals surface area contributed by atoms with Crippen LogP contribution in [0.1, 0.15) is 33.6 Å². The Morgan fingerprint density at radius 1 is 1.25 bits per heavy atom. The molecular formula is C16H23FN2O. The van der Waals surface area contributed by atoms with Crippen molar-refractivity contribution < 1.29 is 9.18 Å². The van der Waals surface area contributed by atoms with Gasteiger partial charge in [-0.1, -0.05) is 12.1 Å². The number of carbonyl (C=O) groups excluding carboxylic acids is 1. The van der Waals surface area contributed by atoms with Crippen molar-refractivity contribution in [2.75, 3.05) is 18.0 Å². The molecule has 0 bridgehead atoms. The van der Waals surface area contributed by atoms with Crippen LogP contribution in [0, 0.1) is 11.7 Å². The number of para-hydroxylation sites is 1. The monoisotopic (exact) mass is 278 g/mol. The van der Waals surface area contributed by atoms with E-state index in [-0.39, 0.29) is 23.2 Å². The standard InChI is InChI=1S/C16H23FN2O/c1-16(2,3)18-15(20)12-8-10-19(11-9-12)14-7-5-4-6-13(14)17/h4-7,12H,8-11H2,1-3H3,(H,18,20). The van der Waals surface area contributed by atoms with Gasteiger partial charge in [-0.15, -0.1) is 0 Å². The van der Waals surface area contributed by atoms with Crippen LogP contribution in [0.3, 0.4) is 0 Å². The van der Waals surface area contributed by atoms with Gasteiger partial charge in [0.15, 0.2) is 0 Å².